The second-order valence-corrected chi connectivity index (χ2v) is 6.03. The summed E-state index contributed by atoms with van der Waals surface area (Å²) >= 11 is 0. The van der Waals surface area contributed by atoms with Gasteiger partial charge < -0.3 is 10.6 Å². The molecule has 0 atom stereocenters. The van der Waals surface area contributed by atoms with E-state index in [0.29, 0.717) is 25.1 Å². The van der Waals surface area contributed by atoms with E-state index < -0.39 is 10.0 Å². The summed E-state index contributed by atoms with van der Waals surface area (Å²) in [5.74, 6) is -0.167. The highest BCUT2D eigenvalue weighted by atomic mass is 35.5. The maximum Gasteiger partial charge on any atom is 0.253 e. The molecule has 1 aromatic carbocycles. The lowest BCUT2D eigenvalue weighted by atomic mass is 10.2. The van der Waals surface area contributed by atoms with Crippen molar-refractivity contribution in [1.82, 2.24) is 9.62 Å². The molecule has 0 heterocycles. The molecule has 0 aliphatic heterocycles. The van der Waals surface area contributed by atoms with Gasteiger partial charge in [0.25, 0.3) is 5.91 Å². The van der Waals surface area contributed by atoms with Gasteiger partial charge in [-0.25, -0.2) is 13.1 Å². The summed E-state index contributed by atoms with van der Waals surface area (Å²) in [6, 6.07) is 5.84. The first-order valence-corrected chi connectivity index (χ1v) is 7.38. The molecule has 8 heteroatoms. The first-order chi connectivity index (χ1) is 8.88. The van der Waals surface area contributed by atoms with Gasteiger partial charge in [0.2, 0.25) is 10.0 Å². The molecular formula is C12H20ClN3O3S. The molecule has 3 N–H and O–H groups in total. The Morgan fingerprint density at radius 1 is 1.25 bits per heavy atom. The predicted octanol–water partition coefficient (Wildman–Crippen LogP) is 0.437. The fourth-order valence-electron chi connectivity index (χ4n) is 1.43. The Kier molecular flexibility index (Phi) is 7.74. The summed E-state index contributed by atoms with van der Waals surface area (Å²) in [6.45, 7) is 0.732. The van der Waals surface area contributed by atoms with Crippen LogP contribution in [0, 0.1) is 0 Å². The number of carbonyl (C=O) groups is 1. The molecule has 6 nitrogen and oxygen atoms in total. The van der Waals surface area contributed by atoms with Crippen LogP contribution < -0.4 is 10.5 Å². The Bertz CT molecular complexity index is 529. The summed E-state index contributed by atoms with van der Waals surface area (Å²) in [6.07, 6.45) is 0.580. The van der Waals surface area contributed by atoms with E-state index in [9.17, 15) is 13.2 Å². The average Bonchev–Trinajstić information content (AvgIpc) is 2.38. The molecule has 0 aromatic heterocycles. The first-order valence-electron chi connectivity index (χ1n) is 5.90. The zero-order valence-electron chi connectivity index (χ0n) is 11.5. The van der Waals surface area contributed by atoms with E-state index in [1.165, 1.54) is 29.2 Å². The Morgan fingerprint density at radius 2 is 1.80 bits per heavy atom. The van der Waals surface area contributed by atoms with Gasteiger partial charge in [0.1, 0.15) is 0 Å². The van der Waals surface area contributed by atoms with Crippen molar-refractivity contribution in [3.05, 3.63) is 29.8 Å². The van der Waals surface area contributed by atoms with Gasteiger partial charge >= 0.3 is 0 Å². The van der Waals surface area contributed by atoms with Crippen LogP contribution in [0.3, 0.4) is 0 Å². The van der Waals surface area contributed by atoms with Crippen LogP contribution in [-0.4, -0.2) is 46.4 Å². The normalized spacial score (nSPS) is 10.8. The number of nitrogens with zero attached hydrogens (tertiary/aromatic N) is 1. The number of benzene rings is 1. The lowest BCUT2D eigenvalue weighted by Crippen LogP contribution is -2.26. The van der Waals surface area contributed by atoms with Gasteiger partial charge in [-0.3, -0.25) is 4.79 Å². The molecule has 1 amide bonds. The molecule has 0 unspecified atom stereocenters. The first kappa shape index (κ1) is 18.9. The Morgan fingerprint density at radius 3 is 2.25 bits per heavy atom. The second-order valence-electron chi connectivity index (χ2n) is 4.26. The fraction of sp³-hybridized carbons (Fsp3) is 0.417. The van der Waals surface area contributed by atoms with Crippen molar-refractivity contribution in [2.24, 2.45) is 5.73 Å². The van der Waals surface area contributed by atoms with Gasteiger partial charge in [-0.05, 0) is 37.2 Å². The molecule has 114 valence electrons. The largest absolute Gasteiger partial charge is 0.345 e. The zero-order valence-corrected chi connectivity index (χ0v) is 13.1. The SMILES string of the molecule is CN(C)C(=O)c1ccc(S(=O)(=O)NCCCN)cc1.Cl. The van der Waals surface area contributed by atoms with Crippen LogP contribution in [0.4, 0.5) is 0 Å². The molecule has 0 fully saturated rings. The van der Waals surface area contributed by atoms with Gasteiger partial charge in [-0.15, -0.1) is 12.4 Å². The highest BCUT2D eigenvalue weighted by molar-refractivity contribution is 7.89. The topological polar surface area (TPSA) is 92.5 Å². The van der Waals surface area contributed by atoms with E-state index in [2.05, 4.69) is 4.72 Å². The highest BCUT2D eigenvalue weighted by Crippen LogP contribution is 2.11. The van der Waals surface area contributed by atoms with Gasteiger partial charge in [-0.1, -0.05) is 0 Å². The number of nitrogens with two attached hydrogens (primary N) is 1. The predicted molar refractivity (Wildman–Crippen MR) is 80.6 cm³/mol. The van der Waals surface area contributed by atoms with Crippen LogP contribution in [0.2, 0.25) is 0 Å². The average molecular weight is 322 g/mol. The lowest BCUT2D eigenvalue weighted by Gasteiger charge is -2.11. The fourth-order valence-corrected chi connectivity index (χ4v) is 2.50. The van der Waals surface area contributed by atoms with Crippen LogP contribution in [0.5, 0.6) is 0 Å². The van der Waals surface area contributed by atoms with Crippen LogP contribution >= 0.6 is 12.4 Å². The molecule has 0 aliphatic rings. The molecule has 20 heavy (non-hydrogen) atoms. The van der Waals surface area contributed by atoms with Crippen molar-refractivity contribution >= 4 is 28.3 Å². The number of carbonyl (C=O) groups excluding carboxylic acids is 1. The van der Waals surface area contributed by atoms with E-state index in [4.69, 9.17) is 5.73 Å². The van der Waals surface area contributed by atoms with Crippen LogP contribution in [0.1, 0.15) is 16.8 Å². The maximum atomic E-state index is 11.9. The van der Waals surface area contributed by atoms with Crippen molar-refractivity contribution in [3.8, 4) is 0 Å². The Balaban J connectivity index is 0.00000361. The number of halogens is 1. The summed E-state index contributed by atoms with van der Waals surface area (Å²) in [4.78, 5) is 13.2. The summed E-state index contributed by atoms with van der Waals surface area (Å²) < 4.78 is 26.2. The van der Waals surface area contributed by atoms with Gasteiger partial charge in [-0.2, -0.15) is 0 Å². The Labute approximate surface area is 125 Å². The Hall–Kier alpha value is -1.15. The third kappa shape index (κ3) is 5.09. The molecule has 0 radical (unpaired) electrons. The van der Waals surface area contributed by atoms with E-state index in [0.717, 1.165) is 0 Å². The second kappa shape index (κ2) is 8.21. The standard InChI is InChI=1S/C12H19N3O3S.ClH/c1-15(2)12(16)10-4-6-11(7-5-10)19(17,18)14-9-3-8-13;/h4-7,14H,3,8-9,13H2,1-2H3;1H. The maximum absolute atomic E-state index is 11.9. The number of nitrogens with one attached hydrogen (secondary N) is 1. The lowest BCUT2D eigenvalue weighted by molar-refractivity contribution is 0.0827. The monoisotopic (exact) mass is 321 g/mol. The number of rotatable bonds is 6. The highest BCUT2D eigenvalue weighted by Gasteiger charge is 2.14. The minimum Gasteiger partial charge on any atom is -0.345 e. The summed E-state index contributed by atoms with van der Waals surface area (Å²) in [7, 11) is -0.245. The molecule has 0 bridgehead atoms. The van der Waals surface area contributed by atoms with Crippen molar-refractivity contribution in [3.63, 3.8) is 0 Å². The van der Waals surface area contributed by atoms with Gasteiger partial charge in [0.05, 0.1) is 4.90 Å². The summed E-state index contributed by atoms with van der Waals surface area (Å²) in [5.41, 5.74) is 5.75. The van der Waals surface area contributed by atoms with Crippen LogP contribution in [-0.2, 0) is 10.0 Å². The van der Waals surface area contributed by atoms with Gasteiger partial charge in [0, 0.05) is 26.2 Å². The molecule has 0 saturated heterocycles. The third-order valence-electron chi connectivity index (χ3n) is 2.49. The van der Waals surface area contributed by atoms with E-state index in [1.54, 1.807) is 14.1 Å². The quantitative estimate of drug-likeness (QED) is 0.743. The number of hydrogen-bond donors (Lipinski definition) is 2. The number of amides is 1. The third-order valence-corrected chi connectivity index (χ3v) is 3.97. The van der Waals surface area contributed by atoms with Crippen LogP contribution in [0.25, 0.3) is 0 Å². The van der Waals surface area contributed by atoms with Crippen LogP contribution in [0.15, 0.2) is 29.2 Å². The minimum absolute atomic E-state index is 0. The van der Waals surface area contributed by atoms with Crippen molar-refractivity contribution in [1.29, 1.82) is 0 Å². The molecule has 1 rings (SSSR count). The zero-order chi connectivity index (χ0) is 14.5. The van der Waals surface area contributed by atoms with Crippen molar-refractivity contribution in [2.45, 2.75) is 11.3 Å². The van der Waals surface area contributed by atoms with E-state index >= 15 is 0 Å². The minimum atomic E-state index is -3.53. The smallest absolute Gasteiger partial charge is 0.253 e. The molecule has 0 spiro atoms. The number of sulfonamides is 1. The molecule has 1 aromatic rings. The van der Waals surface area contributed by atoms with Gasteiger partial charge in [0.15, 0.2) is 0 Å². The molecule has 0 aliphatic carbocycles. The van der Waals surface area contributed by atoms with E-state index in [1.807, 2.05) is 0 Å². The summed E-state index contributed by atoms with van der Waals surface area (Å²) in [5, 5.41) is 0. The van der Waals surface area contributed by atoms with Crippen molar-refractivity contribution in [2.75, 3.05) is 27.2 Å². The molecular weight excluding hydrogens is 302 g/mol. The molecule has 0 saturated carbocycles. The van der Waals surface area contributed by atoms with E-state index in [-0.39, 0.29) is 23.2 Å². The van der Waals surface area contributed by atoms with Crippen molar-refractivity contribution < 1.29 is 13.2 Å². The number of hydrogen-bond acceptors (Lipinski definition) is 4.